The third-order valence-electron chi connectivity index (χ3n) is 1.36. The van der Waals surface area contributed by atoms with Gasteiger partial charge in [-0.25, -0.2) is 4.99 Å². The molecule has 5 heteroatoms. The predicted octanol–water partition coefficient (Wildman–Crippen LogP) is 0.269. The quantitative estimate of drug-likeness (QED) is 0.594. The molecule has 0 aliphatic carbocycles. The molecule has 0 saturated heterocycles. The Morgan fingerprint density at radius 3 is 3.00 bits per heavy atom. The van der Waals surface area contributed by atoms with Crippen LogP contribution in [-0.4, -0.2) is 29.5 Å². The lowest BCUT2D eigenvalue weighted by molar-refractivity contribution is 0.100. The van der Waals surface area contributed by atoms with Gasteiger partial charge in [-0.05, 0) is 6.72 Å². The van der Waals surface area contributed by atoms with Crippen molar-refractivity contribution >= 4 is 12.6 Å². The molecule has 0 atom stereocenters. The smallest absolute Gasteiger partial charge is 0.283 e. The summed E-state index contributed by atoms with van der Waals surface area (Å²) in [4.78, 5) is 14.3. The van der Waals surface area contributed by atoms with E-state index in [1.807, 2.05) is 0 Å². The number of aliphatic imine (C=N–C) groups is 1. The zero-order valence-electron chi connectivity index (χ0n) is 6.94. The number of nitrogens with zero attached hydrogens (tertiary/aromatic N) is 3. The van der Waals surface area contributed by atoms with Gasteiger partial charge in [0.1, 0.15) is 5.56 Å². The molecule has 0 unspecified atom stereocenters. The van der Waals surface area contributed by atoms with E-state index in [0.717, 1.165) is 0 Å². The lowest BCUT2D eigenvalue weighted by Gasteiger charge is -1.93. The Morgan fingerprint density at radius 1 is 1.83 bits per heavy atom. The van der Waals surface area contributed by atoms with Crippen LogP contribution in [0.1, 0.15) is 10.4 Å². The van der Waals surface area contributed by atoms with Gasteiger partial charge in [0.2, 0.25) is 5.88 Å². The molecule has 1 aromatic rings. The summed E-state index contributed by atoms with van der Waals surface area (Å²) >= 11 is 0. The van der Waals surface area contributed by atoms with E-state index in [1.54, 1.807) is 7.05 Å². The first-order chi connectivity index (χ1) is 5.69. The highest BCUT2D eigenvalue weighted by atomic mass is 16.5. The molecule has 0 spiro atoms. The van der Waals surface area contributed by atoms with Crippen molar-refractivity contribution in [2.24, 2.45) is 12.0 Å². The van der Waals surface area contributed by atoms with Crippen LogP contribution in [0.15, 0.2) is 11.2 Å². The van der Waals surface area contributed by atoms with Gasteiger partial charge in [0.25, 0.3) is 5.91 Å². The van der Waals surface area contributed by atoms with Gasteiger partial charge in [-0.3, -0.25) is 9.48 Å². The molecule has 0 aliphatic rings. The minimum atomic E-state index is -0.431. The molecule has 0 fully saturated rings. The topological polar surface area (TPSA) is 56.5 Å². The Labute approximate surface area is 69.7 Å². The molecule has 0 aromatic carbocycles. The van der Waals surface area contributed by atoms with Crippen molar-refractivity contribution in [3.63, 3.8) is 0 Å². The number of hydrogen-bond donors (Lipinski definition) is 0. The van der Waals surface area contributed by atoms with E-state index < -0.39 is 5.91 Å². The predicted molar refractivity (Wildman–Crippen MR) is 43.6 cm³/mol. The molecule has 1 aromatic heterocycles. The van der Waals surface area contributed by atoms with Crippen LogP contribution in [0.4, 0.5) is 0 Å². The molecule has 1 rings (SSSR count). The maximum absolute atomic E-state index is 11.0. The van der Waals surface area contributed by atoms with Crippen molar-refractivity contribution in [2.75, 3.05) is 7.11 Å². The van der Waals surface area contributed by atoms with Gasteiger partial charge >= 0.3 is 0 Å². The van der Waals surface area contributed by atoms with Crippen molar-refractivity contribution in [1.82, 2.24) is 9.78 Å². The minimum absolute atomic E-state index is 0.273. The fraction of sp³-hybridized carbons (Fsp3) is 0.286. The average molecular weight is 167 g/mol. The van der Waals surface area contributed by atoms with Crippen molar-refractivity contribution in [3.8, 4) is 5.88 Å². The summed E-state index contributed by atoms with van der Waals surface area (Å²) in [6.07, 6.45) is 1.54. The van der Waals surface area contributed by atoms with Crippen LogP contribution in [0.25, 0.3) is 0 Å². The molecule has 0 bridgehead atoms. The maximum atomic E-state index is 11.0. The second kappa shape index (κ2) is 3.17. The highest BCUT2D eigenvalue weighted by Crippen LogP contribution is 2.15. The molecule has 0 radical (unpaired) electrons. The monoisotopic (exact) mass is 167 g/mol. The van der Waals surface area contributed by atoms with Crippen LogP contribution in [0, 0.1) is 0 Å². The second-order valence-electron chi connectivity index (χ2n) is 2.19. The van der Waals surface area contributed by atoms with E-state index in [4.69, 9.17) is 4.74 Å². The lowest BCUT2D eigenvalue weighted by atomic mass is 10.3. The summed E-state index contributed by atoms with van der Waals surface area (Å²) in [5.74, 6) is -0.158. The van der Waals surface area contributed by atoms with Crippen molar-refractivity contribution in [3.05, 3.63) is 11.8 Å². The molecule has 12 heavy (non-hydrogen) atoms. The number of rotatable bonds is 2. The van der Waals surface area contributed by atoms with Gasteiger partial charge in [0.05, 0.1) is 7.11 Å². The van der Waals surface area contributed by atoms with Crippen LogP contribution in [0.2, 0.25) is 0 Å². The fourth-order valence-electron chi connectivity index (χ4n) is 0.851. The molecule has 64 valence electrons. The summed E-state index contributed by atoms with van der Waals surface area (Å²) < 4.78 is 6.33. The number of carbonyl (C=O) groups excluding carboxylic acids is 1. The SMILES string of the molecule is C=NC(=O)c1cn(C)nc1OC. The zero-order chi connectivity index (χ0) is 9.14. The van der Waals surface area contributed by atoms with Crippen molar-refractivity contribution in [2.45, 2.75) is 0 Å². The normalized spacial score (nSPS) is 9.50. The van der Waals surface area contributed by atoms with E-state index >= 15 is 0 Å². The highest BCUT2D eigenvalue weighted by Gasteiger charge is 2.13. The van der Waals surface area contributed by atoms with Crippen LogP contribution < -0.4 is 4.74 Å². The number of amides is 1. The van der Waals surface area contributed by atoms with Gasteiger partial charge in [0, 0.05) is 13.2 Å². The van der Waals surface area contributed by atoms with Crippen LogP contribution >= 0.6 is 0 Å². The molecule has 5 nitrogen and oxygen atoms in total. The Bertz CT molecular complexity index is 316. The van der Waals surface area contributed by atoms with Crippen LogP contribution in [0.5, 0.6) is 5.88 Å². The molecule has 0 saturated carbocycles. The van der Waals surface area contributed by atoms with Crippen molar-refractivity contribution < 1.29 is 9.53 Å². The number of hydrogen-bond acceptors (Lipinski definition) is 3. The van der Waals surface area contributed by atoms with Crippen molar-refractivity contribution in [1.29, 1.82) is 0 Å². The summed E-state index contributed by atoms with van der Waals surface area (Å²) in [6.45, 7) is 3.13. The van der Waals surface area contributed by atoms with Gasteiger partial charge in [-0.15, -0.1) is 5.10 Å². The first-order valence-corrected chi connectivity index (χ1v) is 3.27. The number of carbonyl (C=O) groups is 1. The number of ether oxygens (including phenoxy) is 1. The third kappa shape index (κ3) is 1.34. The van der Waals surface area contributed by atoms with Gasteiger partial charge in [-0.1, -0.05) is 0 Å². The summed E-state index contributed by atoms with van der Waals surface area (Å²) in [7, 11) is 3.14. The van der Waals surface area contributed by atoms with E-state index in [1.165, 1.54) is 18.0 Å². The van der Waals surface area contributed by atoms with E-state index in [2.05, 4.69) is 16.8 Å². The second-order valence-corrected chi connectivity index (χ2v) is 2.19. The Kier molecular flexibility index (Phi) is 2.23. The molecule has 0 N–H and O–H groups in total. The Morgan fingerprint density at radius 2 is 2.50 bits per heavy atom. The minimum Gasteiger partial charge on any atom is -0.479 e. The molecule has 1 amide bonds. The first kappa shape index (κ1) is 8.45. The molecular formula is C7H9N3O2. The molecule has 1 heterocycles. The van der Waals surface area contributed by atoms with Gasteiger partial charge in [0.15, 0.2) is 0 Å². The van der Waals surface area contributed by atoms with Crippen LogP contribution in [0.3, 0.4) is 0 Å². The van der Waals surface area contributed by atoms with Crippen LogP contribution in [-0.2, 0) is 7.05 Å². The lowest BCUT2D eigenvalue weighted by Crippen LogP contribution is -1.95. The largest absolute Gasteiger partial charge is 0.479 e. The Hall–Kier alpha value is -1.65. The van der Waals surface area contributed by atoms with E-state index in [-0.39, 0.29) is 5.88 Å². The first-order valence-electron chi connectivity index (χ1n) is 3.27. The maximum Gasteiger partial charge on any atom is 0.283 e. The number of aromatic nitrogens is 2. The third-order valence-corrected chi connectivity index (χ3v) is 1.36. The summed E-state index contributed by atoms with van der Waals surface area (Å²) in [5.41, 5.74) is 0.329. The summed E-state index contributed by atoms with van der Waals surface area (Å²) in [6, 6.07) is 0. The standard InChI is InChI=1S/C7H9N3O2/c1-8-6(11)5-4-10(2)9-7(5)12-3/h4H,1H2,2-3H3. The summed E-state index contributed by atoms with van der Waals surface area (Å²) in [5, 5.41) is 3.88. The van der Waals surface area contributed by atoms with Gasteiger partial charge in [-0.2, -0.15) is 0 Å². The van der Waals surface area contributed by atoms with Gasteiger partial charge < -0.3 is 4.74 Å². The number of aryl methyl sites for hydroxylation is 1. The molecule has 0 aliphatic heterocycles. The number of methoxy groups -OCH3 is 1. The molecular weight excluding hydrogens is 158 g/mol. The fourth-order valence-corrected chi connectivity index (χ4v) is 0.851. The Balaban J connectivity index is 3.12. The van der Waals surface area contributed by atoms with E-state index in [9.17, 15) is 4.79 Å². The average Bonchev–Trinajstić information content (AvgIpc) is 2.45. The zero-order valence-corrected chi connectivity index (χ0v) is 6.94. The highest BCUT2D eigenvalue weighted by molar-refractivity contribution is 5.98. The van der Waals surface area contributed by atoms with E-state index in [0.29, 0.717) is 5.56 Å².